The molecule has 0 aliphatic heterocycles. The van der Waals surface area contributed by atoms with E-state index in [0.717, 1.165) is 6.26 Å². The molecule has 0 aromatic rings. The summed E-state index contributed by atoms with van der Waals surface area (Å²) in [5.41, 5.74) is -0.124. The fourth-order valence-corrected chi connectivity index (χ4v) is 0.812. The highest BCUT2D eigenvalue weighted by Crippen LogP contribution is 2.01. The Labute approximate surface area is 89.0 Å². The van der Waals surface area contributed by atoms with Crippen LogP contribution in [0.4, 0.5) is 0 Å². The smallest absolute Gasteiger partial charge is 0.345 e. The number of methoxy groups -OCH3 is 1. The van der Waals surface area contributed by atoms with Crippen LogP contribution in [-0.2, 0) is 23.8 Å². The zero-order valence-corrected chi connectivity index (χ0v) is 9.24. The molecular weight excluding hydrogens is 200 g/mol. The number of ether oxygens (including phenoxy) is 3. The zero-order chi connectivity index (χ0) is 11.7. The highest BCUT2D eigenvalue weighted by Gasteiger charge is 2.19. The molecule has 0 spiro atoms. The van der Waals surface area contributed by atoms with Crippen molar-refractivity contribution >= 4 is 11.8 Å². The van der Waals surface area contributed by atoms with E-state index in [9.17, 15) is 9.59 Å². The average Bonchev–Trinajstić information content (AvgIpc) is 2.19. The van der Waals surface area contributed by atoms with Crippen LogP contribution in [0.1, 0.15) is 13.8 Å². The molecule has 0 aromatic heterocycles. The molecule has 0 fully saturated rings. The van der Waals surface area contributed by atoms with E-state index >= 15 is 0 Å². The van der Waals surface area contributed by atoms with Crippen molar-refractivity contribution < 1.29 is 23.8 Å². The molecule has 0 aliphatic carbocycles. The maximum Gasteiger partial charge on any atom is 0.345 e. The van der Waals surface area contributed by atoms with Gasteiger partial charge in [-0.25, -0.2) is 4.79 Å². The Hall–Kier alpha value is -1.36. The molecule has 0 heterocycles. The van der Waals surface area contributed by atoms with Crippen LogP contribution in [0, 0.1) is 0 Å². The number of rotatable bonds is 7. The Morgan fingerprint density at radius 2 is 1.87 bits per heavy atom. The van der Waals surface area contributed by atoms with Gasteiger partial charge in [0, 0.05) is 7.11 Å². The molecule has 0 saturated heterocycles. The topological polar surface area (TPSA) is 61.8 Å². The molecule has 0 atom stereocenters. The molecule has 86 valence electrons. The van der Waals surface area contributed by atoms with Gasteiger partial charge in [-0.05, 0) is 13.8 Å². The van der Waals surface area contributed by atoms with Gasteiger partial charge >= 0.3 is 5.97 Å². The summed E-state index contributed by atoms with van der Waals surface area (Å²) in [5, 5.41) is 0. The second-order valence-corrected chi connectivity index (χ2v) is 2.56. The molecule has 0 bridgehead atoms. The predicted octanol–water partition coefficient (Wildman–Crippen LogP) is 0.685. The van der Waals surface area contributed by atoms with Gasteiger partial charge < -0.3 is 14.2 Å². The van der Waals surface area contributed by atoms with Crippen molar-refractivity contribution in [3.05, 3.63) is 11.8 Å². The first-order chi connectivity index (χ1) is 7.17. The third-order valence-electron chi connectivity index (χ3n) is 1.44. The van der Waals surface area contributed by atoms with Crippen LogP contribution >= 0.6 is 0 Å². The fraction of sp³-hybridized carbons (Fsp3) is 0.600. The van der Waals surface area contributed by atoms with E-state index in [1.807, 2.05) is 0 Å². The molecule has 0 amide bonds. The molecule has 0 aliphatic rings. The zero-order valence-electron chi connectivity index (χ0n) is 9.24. The number of hydrogen-bond donors (Lipinski definition) is 0. The van der Waals surface area contributed by atoms with Gasteiger partial charge in [0.2, 0.25) is 0 Å². The van der Waals surface area contributed by atoms with Crippen molar-refractivity contribution in [3.8, 4) is 0 Å². The predicted molar refractivity (Wildman–Crippen MR) is 53.2 cm³/mol. The van der Waals surface area contributed by atoms with Gasteiger partial charge in [-0.15, -0.1) is 0 Å². The Morgan fingerprint density at radius 3 is 2.33 bits per heavy atom. The maximum absolute atomic E-state index is 11.4. The second kappa shape index (κ2) is 7.99. The lowest BCUT2D eigenvalue weighted by Gasteiger charge is -2.05. The van der Waals surface area contributed by atoms with Crippen LogP contribution in [0.2, 0.25) is 0 Å². The Kier molecular flexibility index (Phi) is 7.27. The monoisotopic (exact) mass is 216 g/mol. The minimum atomic E-state index is -0.687. The van der Waals surface area contributed by atoms with Crippen LogP contribution in [0.5, 0.6) is 0 Å². The van der Waals surface area contributed by atoms with Crippen LogP contribution in [0.25, 0.3) is 0 Å². The molecule has 0 rings (SSSR count). The normalized spacial score (nSPS) is 11.0. The summed E-state index contributed by atoms with van der Waals surface area (Å²) < 4.78 is 14.2. The summed E-state index contributed by atoms with van der Waals surface area (Å²) in [5.74, 6) is -1.14. The van der Waals surface area contributed by atoms with E-state index < -0.39 is 11.8 Å². The Morgan fingerprint density at radius 1 is 1.20 bits per heavy atom. The van der Waals surface area contributed by atoms with Crippen LogP contribution < -0.4 is 0 Å². The van der Waals surface area contributed by atoms with E-state index in [4.69, 9.17) is 9.47 Å². The lowest BCUT2D eigenvalue weighted by molar-refractivity contribution is -0.140. The Balaban J connectivity index is 4.57. The minimum absolute atomic E-state index is 0.124. The van der Waals surface area contributed by atoms with Crippen LogP contribution in [-0.4, -0.2) is 38.7 Å². The number of esters is 1. The maximum atomic E-state index is 11.4. The van der Waals surface area contributed by atoms with Crippen molar-refractivity contribution in [2.75, 3.05) is 26.9 Å². The molecule has 0 saturated carbocycles. The van der Waals surface area contributed by atoms with Crippen molar-refractivity contribution in [1.29, 1.82) is 0 Å². The molecular formula is C10H16O5. The highest BCUT2D eigenvalue weighted by atomic mass is 16.5. The van der Waals surface area contributed by atoms with Gasteiger partial charge in [0.25, 0.3) is 0 Å². The third kappa shape index (κ3) is 5.17. The summed E-state index contributed by atoms with van der Waals surface area (Å²) in [6.45, 7) is 3.83. The largest absolute Gasteiger partial charge is 0.500 e. The third-order valence-corrected chi connectivity index (χ3v) is 1.44. The quantitative estimate of drug-likeness (QED) is 0.206. The summed E-state index contributed by atoms with van der Waals surface area (Å²) in [6, 6.07) is 0. The molecule has 5 nitrogen and oxygen atoms in total. The number of carbonyl (C=O) groups excluding carboxylic acids is 2. The molecule has 15 heavy (non-hydrogen) atoms. The number of ketones is 1. The van der Waals surface area contributed by atoms with E-state index in [0.29, 0.717) is 6.61 Å². The average molecular weight is 216 g/mol. The van der Waals surface area contributed by atoms with Crippen LogP contribution in [0.3, 0.4) is 0 Å². The Bertz CT molecular complexity index is 224. The minimum Gasteiger partial charge on any atom is -0.500 e. The number of carbonyl (C=O) groups is 2. The summed E-state index contributed by atoms with van der Waals surface area (Å²) >= 11 is 0. The van der Waals surface area contributed by atoms with E-state index in [-0.39, 0.29) is 18.8 Å². The number of Topliss-reactive ketones (excluding diaryl/α,β-unsaturated/α-hetero) is 1. The van der Waals surface area contributed by atoms with Gasteiger partial charge in [-0.3, -0.25) is 4.79 Å². The van der Waals surface area contributed by atoms with Gasteiger partial charge in [0.1, 0.15) is 18.4 Å². The fourth-order valence-electron chi connectivity index (χ4n) is 0.812. The SMILES string of the molecule is CCOC=C(C(=O)COC)C(=O)OCC. The molecule has 0 N–H and O–H groups in total. The molecule has 0 unspecified atom stereocenters. The van der Waals surface area contributed by atoms with Crippen molar-refractivity contribution in [2.24, 2.45) is 0 Å². The summed E-state index contributed by atoms with van der Waals surface area (Å²) in [6.07, 6.45) is 1.11. The first-order valence-corrected chi connectivity index (χ1v) is 4.68. The lowest BCUT2D eigenvalue weighted by atomic mass is 10.2. The van der Waals surface area contributed by atoms with Crippen molar-refractivity contribution in [2.45, 2.75) is 13.8 Å². The highest BCUT2D eigenvalue weighted by molar-refractivity contribution is 6.17. The van der Waals surface area contributed by atoms with E-state index in [1.54, 1.807) is 13.8 Å². The molecule has 5 heteroatoms. The van der Waals surface area contributed by atoms with Gasteiger partial charge in [-0.1, -0.05) is 0 Å². The summed E-state index contributed by atoms with van der Waals surface area (Å²) in [7, 11) is 1.38. The van der Waals surface area contributed by atoms with Crippen LogP contribution in [0.15, 0.2) is 11.8 Å². The van der Waals surface area contributed by atoms with E-state index in [1.165, 1.54) is 7.11 Å². The van der Waals surface area contributed by atoms with Crippen molar-refractivity contribution in [3.63, 3.8) is 0 Å². The molecule has 0 radical (unpaired) electrons. The van der Waals surface area contributed by atoms with Gasteiger partial charge in [0.05, 0.1) is 13.2 Å². The van der Waals surface area contributed by atoms with Gasteiger partial charge in [0.15, 0.2) is 5.78 Å². The first-order valence-electron chi connectivity index (χ1n) is 4.68. The second-order valence-electron chi connectivity index (χ2n) is 2.56. The number of hydrogen-bond acceptors (Lipinski definition) is 5. The van der Waals surface area contributed by atoms with Crippen molar-refractivity contribution in [1.82, 2.24) is 0 Å². The lowest BCUT2D eigenvalue weighted by Crippen LogP contribution is -2.20. The molecule has 0 aromatic carbocycles. The first kappa shape index (κ1) is 13.6. The summed E-state index contributed by atoms with van der Waals surface area (Å²) in [4.78, 5) is 22.7. The van der Waals surface area contributed by atoms with Gasteiger partial charge in [-0.2, -0.15) is 0 Å². The standard InChI is InChI=1S/C10H16O5/c1-4-14-6-8(9(11)7-13-3)10(12)15-5-2/h6H,4-5,7H2,1-3H3. The van der Waals surface area contributed by atoms with E-state index in [2.05, 4.69) is 4.74 Å².